The Bertz CT molecular complexity index is 366. The van der Waals surface area contributed by atoms with Gasteiger partial charge in [0, 0.05) is 12.2 Å². The lowest BCUT2D eigenvalue weighted by molar-refractivity contribution is 0.0216. The SMILES string of the molecule is CCOCOc1c(C)cc(C(=N)N)cc1C. The summed E-state index contributed by atoms with van der Waals surface area (Å²) in [6.45, 7) is 6.66. The number of nitrogens with one attached hydrogen (secondary N) is 1. The fraction of sp³-hybridized carbons (Fsp3) is 0.417. The van der Waals surface area contributed by atoms with Crippen molar-refractivity contribution in [2.45, 2.75) is 20.8 Å². The maximum atomic E-state index is 7.38. The van der Waals surface area contributed by atoms with Gasteiger partial charge in [-0.1, -0.05) is 0 Å². The number of nitrogen functional groups attached to an aromatic ring is 1. The topological polar surface area (TPSA) is 68.3 Å². The van der Waals surface area contributed by atoms with E-state index in [1.165, 1.54) is 0 Å². The zero-order valence-corrected chi connectivity index (χ0v) is 9.96. The summed E-state index contributed by atoms with van der Waals surface area (Å²) < 4.78 is 10.6. The van der Waals surface area contributed by atoms with Crippen LogP contribution < -0.4 is 10.5 Å². The van der Waals surface area contributed by atoms with Gasteiger partial charge in [-0.15, -0.1) is 0 Å². The molecule has 4 nitrogen and oxygen atoms in total. The van der Waals surface area contributed by atoms with Crippen LogP contribution in [0.3, 0.4) is 0 Å². The average molecular weight is 222 g/mol. The molecule has 0 atom stereocenters. The number of aryl methyl sites for hydroxylation is 2. The summed E-state index contributed by atoms with van der Waals surface area (Å²) in [5.74, 6) is 0.876. The second-order valence-corrected chi connectivity index (χ2v) is 3.61. The molecule has 0 heterocycles. The van der Waals surface area contributed by atoms with Crippen LogP contribution in [-0.4, -0.2) is 19.2 Å². The van der Waals surface area contributed by atoms with E-state index in [-0.39, 0.29) is 12.6 Å². The molecule has 4 heteroatoms. The van der Waals surface area contributed by atoms with E-state index in [9.17, 15) is 0 Å². The Balaban J connectivity index is 2.89. The summed E-state index contributed by atoms with van der Waals surface area (Å²) in [6.07, 6.45) is 0. The van der Waals surface area contributed by atoms with Crippen molar-refractivity contribution < 1.29 is 9.47 Å². The molecule has 0 saturated heterocycles. The van der Waals surface area contributed by atoms with Crippen LogP contribution in [0.15, 0.2) is 12.1 Å². The molecule has 1 rings (SSSR count). The van der Waals surface area contributed by atoms with Crippen molar-refractivity contribution in [2.24, 2.45) is 5.73 Å². The highest BCUT2D eigenvalue weighted by atomic mass is 16.7. The zero-order chi connectivity index (χ0) is 12.1. The van der Waals surface area contributed by atoms with Crippen LogP contribution in [0.4, 0.5) is 0 Å². The van der Waals surface area contributed by atoms with Crippen molar-refractivity contribution in [3.8, 4) is 5.75 Å². The highest BCUT2D eigenvalue weighted by Gasteiger charge is 2.07. The highest BCUT2D eigenvalue weighted by Crippen LogP contribution is 2.24. The third-order valence-corrected chi connectivity index (χ3v) is 2.26. The van der Waals surface area contributed by atoms with Crippen LogP contribution >= 0.6 is 0 Å². The Morgan fingerprint density at radius 1 is 1.31 bits per heavy atom. The average Bonchev–Trinajstić information content (AvgIpc) is 2.21. The van der Waals surface area contributed by atoms with Crippen molar-refractivity contribution >= 4 is 5.84 Å². The molecule has 1 aromatic carbocycles. The monoisotopic (exact) mass is 222 g/mol. The molecule has 0 bridgehead atoms. The highest BCUT2D eigenvalue weighted by molar-refractivity contribution is 5.95. The van der Waals surface area contributed by atoms with Crippen LogP contribution in [0.5, 0.6) is 5.75 Å². The van der Waals surface area contributed by atoms with E-state index in [0.29, 0.717) is 6.61 Å². The molecular weight excluding hydrogens is 204 g/mol. The second kappa shape index (κ2) is 5.51. The minimum atomic E-state index is 0.0718. The maximum absolute atomic E-state index is 7.38. The smallest absolute Gasteiger partial charge is 0.189 e. The maximum Gasteiger partial charge on any atom is 0.189 e. The number of hydrogen-bond acceptors (Lipinski definition) is 3. The van der Waals surface area contributed by atoms with E-state index in [4.69, 9.17) is 20.6 Å². The number of rotatable bonds is 5. The van der Waals surface area contributed by atoms with Crippen molar-refractivity contribution in [2.75, 3.05) is 13.4 Å². The molecule has 0 spiro atoms. The Morgan fingerprint density at radius 2 is 1.88 bits per heavy atom. The van der Waals surface area contributed by atoms with E-state index in [0.717, 1.165) is 22.4 Å². The lowest BCUT2D eigenvalue weighted by Crippen LogP contribution is -2.12. The number of benzene rings is 1. The Labute approximate surface area is 95.9 Å². The van der Waals surface area contributed by atoms with Gasteiger partial charge in [-0.3, -0.25) is 5.41 Å². The molecule has 1 aromatic rings. The predicted molar refractivity (Wildman–Crippen MR) is 64.1 cm³/mol. The molecule has 0 aromatic heterocycles. The minimum absolute atomic E-state index is 0.0718. The van der Waals surface area contributed by atoms with Crippen LogP contribution in [-0.2, 0) is 4.74 Å². The van der Waals surface area contributed by atoms with Gasteiger partial charge in [-0.2, -0.15) is 0 Å². The fourth-order valence-corrected chi connectivity index (χ4v) is 1.52. The molecule has 0 saturated carbocycles. The predicted octanol–water partition coefficient (Wildman–Crippen LogP) is 1.96. The summed E-state index contributed by atoms with van der Waals surface area (Å²) in [5, 5.41) is 7.38. The van der Waals surface area contributed by atoms with Gasteiger partial charge in [0.05, 0.1) is 0 Å². The molecule has 0 unspecified atom stereocenters. The number of nitrogens with two attached hydrogens (primary N) is 1. The normalized spacial score (nSPS) is 10.2. The molecule has 0 aliphatic rings. The Kier molecular flexibility index (Phi) is 4.31. The van der Waals surface area contributed by atoms with Crippen LogP contribution in [0.2, 0.25) is 0 Å². The first-order valence-electron chi connectivity index (χ1n) is 5.22. The first-order chi connectivity index (χ1) is 7.56. The first kappa shape index (κ1) is 12.5. The van der Waals surface area contributed by atoms with E-state index in [1.54, 1.807) is 0 Å². The number of amidine groups is 1. The third kappa shape index (κ3) is 2.97. The van der Waals surface area contributed by atoms with Gasteiger partial charge in [0.1, 0.15) is 11.6 Å². The van der Waals surface area contributed by atoms with Gasteiger partial charge < -0.3 is 15.2 Å². The molecule has 88 valence electrons. The van der Waals surface area contributed by atoms with Gasteiger partial charge in [-0.05, 0) is 44.0 Å². The summed E-state index contributed by atoms with van der Waals surface area (Å²) in [7, 11) is 0. The summed E-state index contributed by atoms with van der Waals surface area (Å²) in [4.78, 5) is 0. The van der Waals surface area contributed by atoms with E-state index in [2.05, 4.69) is 0 Å². The van der Waals surface area contributed by atoms with Gasteiger partial charge in [-0.25, -0.2) is 0 Å². The van der Waals surface area contributed by atoms with Gasteiger partial charge in [0.25, 0.3) is 0 Å². The molecule has 0 fully saturated rings. The van der Waals surface area contributed by atoms with E-state index < -0.39 is 0 Å². The summed E-state index contributed by atoms with van der Waals surface area (Å²) in [5.41, 5.74) is 8.09. The van der Waals surface area contributed by atoms with Crippen molar-refractivity contribution in [1.29, 1.82) is 5.41 Å². The van der Waals surface area contributed by atoms with Crippen LogP contribution in [0.25, 0.3) is 0 Å². The van der Waals surface area contributed by atoms with Gasteiger partial charge >= 0.3 is 0 Å². The zero-order valence-electron chi connectivity index (χ0n) is 9.96. The molecule has 16 heavy (non-hydrogen) atoms. The van der Waals surface area contributed by atoms with E-state index >= 15 is 0 Å². The van der Waals surface area contributed by atoms with Crippen LogP contribution in [0, 0.1) is 19.3 Å². The van der Waals surface area contributed by atoms with Crippen molar-refractivity contribution in [3.05, 3.63) is 28.8 Å². The van der Waals surface area contributed by atoms with Crippen molar-refractivity contribution in [1.82, 2.24) is 0 Å². The van der Waals surface area contributed by atoms with Gasteiger partial charge in [0.2, 0.25) is 0 Å². The summed E-state index contributed by atoms with van der Waals surface area (Å²) in [6, 6.07) is 3.69. The standard InChI is InChI=1S/C12H18N2O2/c1-4-15-7-16-11-8(2)5-10(12(13)14)6-9(11)3/h5-6H,4,7H2,1-3H3,(H3,13,14). The first-order valence-corrected chi connectivity index (χ1v) is 5.22. The number of hydrogen-bond donors (Lipinski definition) is 2. The Hall–Kier alpha value is -1.55. The third-order valence-electron chi connectivity index (χ3n) is 2.26. The Morgan fingerprint density at radius 3 is 2.31 bits per heavy atom. The molecule has 0 radical (unpaired) electrons. The lowest BCUT2D eigenvalue weighted by atomic mass is 10.1. The van der Waals surface area contributed by atoms with Gasteiger partial charge in [0.15, 0.2) is 6.79 Å². The molecule has 0 amide bonds. The van der Waals surface area contributed by atoms with Crippen LogP contribution in [0.1, 0.15) is 23.6 Å². The molecule has 0 aliphatic carbocycles. The fourth-order valence-electron chi connectivity index (χ4n) is 1.52. The second-order valence-electron chi connectivity index (χ2n) is 3.61. The molecular formula is C12H18N2O2. The lowest BCUT2D eigenvalue weighted by Gasteiger charge is -2.13. The number of ether oxygens (including phenoxy) is 2. The summed E-state index contributed by atoms with van der Waals surface area (Å²) >= 11 is 0. The quantitative estimate of drug-likeness (QED) is 0.346. The van der Waals surface area contributed by atoms with E-state index in [1.807, 2.05) is 32.9 Å². The molecule has 0 aliphatic heterocycles. The van der Waals surface area contributed by atoms with Crippen molar-refractivity contribution in [3.63, 3.8) is 0 Å². The minimum Gasteiger partial charge on any atom is -0.467 e. The molecule has 3 N–H and O–H groups in total. The largest absolute Gasteiger partial charge is 0.467 e.